The summed E-state index contributed by atoms with van der Waals surface area (Å²) in [5, 5.41) is 3.11. The van der Waals surface area contributed by atoms with E-state index in [9.17, 15) is 4.79 Å². The number of benzene rings is 1. The molecule has 0 bridgehead atoms. The van der Waals surface area contributed by atoms with Crippen molar-refractivity contribution in [3.63, 3.8) is 0 Å². The molecule has 6 nitrogen and oxygen atoms in total. The number of amides is 1. The molecule has 1 aromatic carbocycles. The first-order valence-corrected chi connectivity index (χ1v) is 8.22. The predicted octanol–water partition coefficient (Wildman–Crippen LogP) is 3.27. The minimum absolute atomic E-state index is 0.114. The predicted molar refractivity (Wildman–Crippen MR) is 94.5 cm³/mol. The van der Waals surface area contributed by atoms with Crippen molar-refractivity contribution in [1.82, 2.24) is 9.97 Å². The van der Waals surface area contributed by atoms with Crippen LogP contribution in [0.5, 0.6) is 0 Å². The summed E-state index contributed by atoms with van der Waals surface area (Å²) >= 11 is 0. The quantitative estimate of drug-likeness (QED) is 0.793. The Morgan fingerprint density at radius 1 is 1.24 bits per heavy atom. The van der Waals surface area contributed by atoms with Crippen LogP contribution in [0.4, 0.5) is 11.5 Å². The van der Waals surface area contributed by atoms with Gasteiger partial charge >= 0.3 is 0 Å². The molecule has 1 aliphatic rings. The SMILES string of the molecule is CC1Cc2ccccc2N1C(=O)c1cnc(NCc2ccco2)cn1. The molecule has 1 amide bonds. The number of carbonyl (C=O) groups is 1. The molecule has 25 heavy (non-hydrogen) atoms. The third-order valence-corrected chi connectivity index (χ3v) is 4.32. The average Bonchev–Trinajstić information content (AvgIpc) is 3.26. The maximum atomic E-state index is 12.9. The van der Waals surface area contributed by atoms with Gasteiger partial charge in [0.25, 0.3) is 5.91 Å². The van der Waals surface area contributed by atoms with Crippen LogP contribution >= 0.6 is 0 Å². The lowest BCUT2D eigenvalue weighted by atomic mass is 10.1. The molecule has 0 saturated carbocycles. The Hall–Kier alpha value is -3.15. The summed E-state index contributed by atoms with van der Waals surface area (Å²) in [7, 11) is 0. The first-order valence-electron chi connectivity index (χ1n) is 8.22. The summed E-state index contributed by atoms with van der Waals surface area (Å²) in [5.74, 6) is 1.29. The molecule has 1 atom stereocenters. The second kappa shape index (κ2) is 6.39. The molecule has 126 valence electrons. The molecule has 2 aromatic heterocycles. The molecule has 0 saturated heterocycles. The van der Waals surface area contributed by atoms with Crippen LogP contribution in [-0.4, -0.2) is 21.9 Å². The number of fused-ring (bicyclic) bond motifs is 1. The van der Waals surface area contributed by atoms with E-state index in [1.807, 2.05) is 37.3 Å². The molecular formula is C19H18N4O2. The van der Waals surface area contributed by atoms with E-state index in [1.165, 1.54) is 11.8 Å². The lowest BCUT2D eigenvalue weighted by Crippen LogP contribution is -2.36. The molecule has 0 radical (unpaired) electrons. The van der Waals surface area contributed by atoms with Crippen molar-refractivity contribution in [2.75, 3.05) is 10.2 Å². The first-order chi connectivity index (χ1) is 12.2. The molecular weight excluding hydrogens is 316 g/mol. The number of anilines is 2. The maximum Gasteiger partial charge on any atom is 0.278 e. The number of para-hydroxylation sites is 1. The minimum atomic E-state index is -0.123. The van der Waals surface area contributed by atoms with Crippen molar-refractivity contribution in [2.45, 2.75) is 25.9 Å². The molecule has 1 aliphatic heterocycles. The van der Waals surface area contributed by atoms with Crippen LogP contribution < -0.4 is 10.2 Å². The molecule has 3 heterocycles. The van der Waals surface area contributed by atoms with Gasteiger partial charge in [0.2, 0.25) is 0 Å². The van der Waals surface area contributed by atoms with Crippen LogP contribution in [-0.2, 0) is 13.0 Å². The van der Waals surface area contributed by atoms with Crippen molar-refractivity contribution >= 4 is 17.4 Å². The summed E-state index contributed by atoms with van der Waals surface area (Å²) in [5.41, 5.74) is 2.49. The Kier molecular flexibility index (Phi) is 3.93. The Bertz CT molecular complexity index is 875. The van der Waals surface area contributed by atoms with Crippen LogP contribution in [0, 0.1) is 0 Å². The van der Waals surface area contributed by atoms with Crippen molar-refractivity contribution in [3.8, 4) is 0 Å². The zero-order chi connectivity index (χ0) is 17.2. The first kappa shape index (κ1) is 15.4. The largest absolute Gasteiger partial charge is 0.467 e. The second-order valence-corrected chi connectivity index (χ2v) is 6.08. The van der Waals surface area contributed by atoms with E-state index in [4.69, 9.17) is 4.42 Å². The van der Waals surface area contributed by atoms with Gasteiger partial charge in [-0.25, -0.2) is 9.97 Å². The summed E-state index contributed by atoms with van der Waals surface area (Å²) in [6.07, 6.45) is 5.57. The highest BCUT2D eigenvalue weighted by molar-refractivity contribution is 6.06. The van der Waals surface area contributed by atoms with E-state index in [-0.39, 0.29) is 11.9 Å². The fourth-order valence-corrected chi connectivity index (χ4v) is 3.12. The molecule has 1 N–H and O–H groups in total. The van der Waals surface area contributed by atoms with Gasteiger partial charge < -0.3 is 14.6 Å². The monoisotopic (exact) mass is 334 g/mol. The molecule has 0 fully saturated rings. The van der Waals surface area contributed by atoms with E-state index >= 15 is 0 Å². The zero-order valence-corrected chi connectivity index (χ0v) is 13.8. The third kappa shape index (κ3) is 2.98. The van der Waals surface area contributed by atoms with Gasteiger partial charge in [-0.1, -0.05) is 18.2 Å². The summed E-state index contributed by atoms with van der Waals surface area (Å²) in [4.78, 5) is 23.2. The van der Waals surface area contributed by atoms with Gasteiger partial charge in [-0.15, -0.1) is 0 Å². The van der Waals surface area contributed by atoms with E-state index in [1.54, 1.807) is 17.4 Å². The normalized spacial score (nSPS) is 15.9. The Balaban J connectivity index is 1.49. The van der Waals surface area contributed by atoms with Gasteiger partial charge in [-0.3, -0.25) is 4.79 Å². The number of nitrogens with zero attached hydrogens (tertiary/aromatic N) is 3. The fraction of sp³-hybridized carbons (Fsp3) is 0.211. The van der Waals surface area contributed by atoms with Crippen LogP contribution in [0.3, 0.4) is 0 Å². The number of rotatable bonds is 4. The highest BCUT2D eigenvalue weighted by Crippen LogP contribution is 2.32. The molecule has 6 heteroatoms. The smallest absolute Gasteiger partial charge is 0.278 e. The molecule has 4 rings (SSSR count). The number of furan rings is 1. The number of carbonyl (C=O) groups excluding carboxylic acids is 1. The summed E-state index contributed by atoms with van der Waals surface area (Å²) < 4.78 is 5.26. The van der Waals surface area contributed by atoms with Crippen molar-refractivity contribution < 1.29 is 9.21 Å². The molecule has 1 unspecified atom stereocenters. The third-order valence-electron chi connectivity index (χ3n) is 4.32. The van der Waals surface area contributed by atoms with Gasteiger partial charge in [0.05, 0.1) is 25.2 Å². The van der Waals surface area contributed by atoms with Gasteiger partial charge in [0.15, 0.2) is 0 Å². The van der Waals surface area contributed by atoms with Crippen molar-refractivity contribution in [2.24, 2.45) is 0 Å². The maximum absolute atomic E-state index is 12.9. The number of hydrogen-bond donors (Lipinski definition) is 1. The molecule has 0 aliphatic carbocycles. The van der Waals surface area contributed by atoms with Crippen molar-refractivity contribution in [1.29, 1.82) is 0 Å². The van der Waals surface area contributed by atoms with E-state index < -0.39 is 0 Å². The van der Waals surface area contributed by atoms with Crippen molar-refractivity contribution in [3.05, 3.63) is 72.1 Å². The van der Waals surface area contributed by atoms with Gasteiger partial charge in [-0.05, 0) is 37.1 Å². The van der Waals surface area contributed by atoms with Gasteiger partial charge in [0.1, 0.15) is 17.3 Å². The van der Waals surface area contributed by atoms with Crippen LogP contribution in [0.25, 0.3) is 0 Å². The van der Waals surface area contributed by atoms with E-state index in [0.29, 0.717) is 18.1 Å². The summed E-state index contributed by atoms with van der Waals surface area (Å²) in [6.45, 7) is 2.57. The number of aromatic nitrogens is 2. The number of nitrogens with one attached hydrogen (secondary N) is 1. The highest BCUT2D eigenvalue weighted by Gasteiger charge is 2.31. The van der Waals surface area contributed by atoms with Gasteiger partial charge in [-0.2, -0.15) is 0 Å². The topological polar surface area (TPSA) is 71.3 Å². The molecule has 0 spiro atoms. The highest BCUT2D eigenvalue weighted by atomic mass is 16.3. The van der Waals surface area contributed by atoms with E-state index in [0.717, 1.165) is 17.9 Å². The zero-order valence-electron chi connectivity index (χ0n) is 13.8. The second-order valence-electron chi connectivity index (χ2n) is 6.08. The van der Waals surface area contributed by atoms with Gasteiger partial charge in [0, 0.05) is 11.7 Å². The Morgan fingerprint density at radius 2 is 2.12 bits per heavy atom. The summed E-state index contributed by atoms with van der Waals surface area (Å²) in [6, 6.07) is 11.8. The standard InChI is InChI=1S/C19H18N4O2/c1-13-9-14-5-2-3-7-17(14)23(13)19(24)16-11-22-18(12-20-16)21-10-15-6-4-8-25-15/h2-8,11-13H,9-10H2,1H3,(H,21,22). The van der Waals surface area contributed by atoms with Crippen LogP contribution in [0.15, 0.2) is 59.5 Å². The lowest BCUT2D eigenvalue weighted by molar-refractivity contribution is 0.0976. The fourth-order valence-electron chi connectivity index (χ4n) is 3.12. The van der Waals surface area contributed by atoms with Crippen LogP contribution in [0.1, 0.15) is 28.7 Å². The van der Waals surface area contributed by atoms with Crippen LogP contribution in [0.2, 0.25) is 0 Å². The lowest BCUT2D eigenvalue weighted by Gasteiger charge is -2.22. The van der Waals surface area contributed by atoms with E-state index in [2.05, 4.69) is 21.4 Å². The minimum Gasteiger partial charge on any atom is -0.467 e. The number of hydrogen-bond acceptors (Lipinski definition) is 5. The average molecular weight is 334 g/mol. The Labute approximate surface area is 145 Å². The Morgan fingerprint density at radius 3 is 2.88 bits per heavy atom. The molecule has 3 aromatic rings.